The van der Waals surface area contributed by atoms with Crippen molar-refractivity contribution < 1.29 is 14.9 Å². The van der Waals surface area contributed by atoms with Crippen LogP contribution >= 0.6 is 0 Å². The lowest BCUT2D eigenvalue weighted by atomic mass is 10.1. The number of ether oxygens (including phenoxy) is 1. The summed E-state index contributed by atoms with van der Waals surface area (Å²) < 4.78 is 5.36. The van der Waals surface area contributed by atoms with Gasteiger partial charge in [0.15, 0.2) is 0 Å². The standard InChI is InChI=1S/C11H22O3/c1-3-5-6-8-14-11(9-12)10(13)7-4-2/h4,10-13H,2-3,5-9H2,1H3/t10?,11-/m0/s1. The molecule has 0 aliphatic rings. The molecular weight excluding hydrogens is 180 g/mol. The largest absolute Gasteiger partial charge is 0.394 e. The highest BCUT2D eigenvalue weighted by Crippen LogP contribution is 2.05. The molecular formula is C11H22O3. The fraction of sp³-hybridized carbons (Fsp3) is 0.818. The van der Waals surface area contributed by atoms with Crippen molar-refractivity contribution in [2.45, 2.75) is 44.8 Å². The minimum Gasteiger partial charge on any atom is -0.394 e. The van der Waals surface area contributed by atoms with Crippen molar-refractivity contribution in [3.63, 3.8) is 0 Å². The molecule has 0 rings (SSSR count). The summed E-state index contributed by atoms with van der Waals surface area (Å²) >= 11 is 0. The molecule has 0 radical (unpaired) electrons. The Labute approximate surface area is 86.4 Å². The summed E-state index contributed by atoms with van der Waals surface area (Å²) in [6, 6.07) is 0. The van der Waals surface area contributed by atoms with Crippen molar-refractivity contribution in [3.8, 4) is 0 Å². The van der Waals surface area contributed by atoms with Gasteiger partial charge in [-0.1, -0.05) is 25.8 Å². The van der Waals surface area contributed by atoms with E-state index in [9.17, 15) is 5.11 Å². The fourth-order valence-corrected chi connectivity index (χ4v) is 1.19. The molecule has 0 fully saturated rings. The van der Waals surface area contributed by atoms with Crippen LogP contribution in [0.3, 0.4) is 0 Å². The molecule has 0 heterocycles. The van der Waals surface area contributed by atoms with E-state index in [1.807, 2.05) is 0 Å². The van der Waals surface area contributed by atoms with E-state index >= 15 is 0 Å². The second-order valence-corrected chi connectivity index (χ2v) is 3.39. The third kappa shape index (κ3) is 6.13. The number of hydrogen-bond acceptors (Lipinski definition) is 3. The van der Waals surface area contributed by atoms with E-state index in [-0.39, 0.29) is 6.61 Å². The first kappa shape index (κ1) is 13.6. The van der Waals surface area contributed by atoms with E-state index < -0.39 is 12.2 Å². The Morgan fingerprint density at radius 1 is 1.43 bits per heavy atom. The van der Waals surface area contributed by atoms with Crippen LogP contribution in [0.15, 0.2) is 12.7 Å². The number of unbranched alkanes of at least 4 members (excludes halogenated alkanes) is 2. The summed E-state index contributed by atoms with van der Waals surface area (Å²) in [5.74, 6) is 0. The van der Waals surface area contributed by atoms with Gasteiger partial charge in [-0.3, -0.25) is 0 Å². The number of rotatable bonds is 9. The maximum Gasteiger partial charge on any atom is 0.107 e. The Hall–Kier alpha value is -0.380. The zero-order valence-electron chi connectivity index (χ0n) is 8.98. The summed E-state index contributed by atoms with van der Waals surface area (Å²) in [6.07, 6.45) is 4.22. The van der Waals surface area contributed by atoms with Crippen LogP contribution in [0.25, 0.3) is 0 Å². The molecule has 0 aromatic carbocycles. The third-order valence-electron chi connectivity index (χ3n) is 2.10. The molecule has 1 unspecified atom stereocenters. The quantitative estimate of drug-likeness (QED) is 0.440. The van der Waals surface area contributed by atoms with Crippen LogP contribution in [0.4, 0.5) is 0 Å². The van der Waals surface area contributed by atoms with E-state index in [4.69, 9.17) is 9.84 Å². The Bertz CT molecular complexity index is 136. The summed E-state index contributed by atoms with van der Waals surface area (Å²) in [4.78, 5) is 0. The average molecular weight is 202 g/mol. The van der Waals surface area contributed by atoms with Crippen LogP contribution in [-0.2, 0) is 4.74 Å². The molecule has 3 heteroatoms. The van der Waals surface area contributed by atoms with Gasteiger partial charge in [0.2, 0.25) is 0 Å². The second-order valence-electron chi connectivity index (χ2n) is 3.39. The van der Waals surface area contributed by atoms with E-state index in [0.717, 1.165) is 19.3 Å². The molecule has 0 bridgehead atoms. The van der Waals surface area contributed by atoms with E-state index in [1.54, 1.807) is 6.08 Å². The topological polar surface area (TPSA) is 49.7 Å². The third-order valence-corrected chi connectivity index (χ3v) is 2.10. The monoisotopic (exact) mass is 202 g/mol. The van der Waals surface area contributed by atoms with E-state index in [1.165, 1.54) is 0 Å². The van der Waals surface area contributed by atoms with Gasteiger partial charge in [-0.15, -0.1) is 6.58 Å². The summed E-state index contributed by atoms with van der Waals surface area (Å²) in [7, 11) is 0. The van der Waals surface area contributed by atoms with Gasteiger partial charge in [0.1, 0.15) is 6.10 Å². The fourth-order valence-electron chi connectivity index (χ4n) is 1.19. The predicted octanol–water partition coefficient (Wildman–Crippen LogP) is 1.49. The second kappa shape index (κ2) is 9.19. The molecule has 0 saturated heterocycles. The summed E-state index contributed by atoms with van der Waals surface area (Å²) in [5.41, 5.74) is 0. The molecule has 0 aliphatic heterocycles. The maximum absolute atomic E-state index is 9.51. The van der Waals surface area contributed by atoms with Crippen LogP contribution in [0.1, 0.15) is 32.6 Å². The van der Waals surface area contributed by atoms with Crippen LogP contribution in [0, 0.1) is 0 Å². The Morgan fingerprint density at radius 2 is 2.14 bits per heavy atom. The molecule has 0 aromatic rings. The first-order valence-corrected chi connectivity index (χ1v) is 5.27. The Kier molecular flexibility index (Phi) is 8.94. The molecule has 2 atom stereocenters. The highest BCUT2D eigenvalue weighted by molar-refractivity contribution is 4.78. The van der Waals surface area contributed by atoms with Crippen molar-refractivity contribution in [2.24, 2.45) is 0 Å². The number of aliphatic hydroxyl groups excluding tert-OH is 2. The van der Waals surface area contributed by atoms with Crippen LogP contribution in [0.2, 0.25) is 0 Å². The lowest BCUT2D eigenvalue weighted by Gasteiger charge is -2.20. The number of hydrogen-bond donors (Lipinski definition) is 2. The minimum absolute atomic E-state index is 0.138. The van der Waals surface area contributed by atoms with Crippen molar-refractivity contribution >= 4 is 0 Å². The van der Waals surface area contributed by atoms with E-state index in [2.05, 4.69) is 13.5 Å². The highest BCUT2D eigenvalue weighted by Gasteiger charge is 2.16. The average Bonchev–Trinajstić information content (AvgIpc) is 2.18. The summed E-state index contributed by atoms with van der Waals surface area (Å²) in [6.45, 7) is 6.12. The predicted molar refractivity (Wildman–Crippen MR) is 57.2 cm³/mol. The van der Waals surface area contributed by atoms with Gasteiger partial charge in [0.25, 0.3) is 0 Å². The van der Waals surface area contributed by atoms with Crippen molar-refractivity contribution in [1.29, 1.82) is 0 Å². The van der Waals surface area contributed by atoms with Crippen LogP contribution < -0.4 is 0 Å². The lowest BCUT2D eigenvalue weighted by molar-refractivity contribution is -0.0625. The summed E-state index contributed by atoms with van der Waals surface area (Å²) in [5, 5.41) is 18.5. The molecule has 3 nitrogen and oxygen atoms in total. The van der Waals surface area contributed by atoms with Gasteiger partial charge in [-0.05, 0) is 12.8 Å². The molecule has 0 aromatic heterocycles. The Morgan fingerprint density at radius 3 is 2.64 bits per heavy atom. The van der Waals surface area contributed by atoms with Crippen LogP contribution in [-0.4, -0.2) is 35.6 Å². The van der Waals surface area contributed by atoms with Gasteiger partial charge in [-0.25, -0.2) is 0 Å². The Balaban J connectivity index is 3.61. The number of aliphatic hydroxyl groups is 2. The van der Waals surface area contributed by atoms with Crippen molar-refractivity contribution in [1.82, 2.24) is 0 Å². The van der Waals surface area contributed by atoms with Gasteiger partial charge in [0.05, 0.1) is 12.7 Å². The molecule has 0 amide bonds. The smallest absolute Gasteiger partial charge is 0.107 e. The first-order chi connectivity index (χ1) is 6.76. The van der Waals surface area contributed by atoms with Crippen LogP contribution in [0.5, 0.6) is 0 Å². The normalized spacial score (nSPS) is 15.1. The van der Waals surface area contributed by atoms with Gasteiger partial charge >= 0.3 is 0 Å². The highest BCUT2D eigenvalue weighted by atomic mass is 16.5. The SMILES string of the molecule is C=CCC(O)[C@H](CO)OCCCCC. The molecule has 14 heavy (non-hydrogen) atoms. The molecule has 0 aliphatic carbocycles. The van der Waals surface area contributed by atoms with Gasteiger partial charge in [-0.2, -0.15) is 0 Å². The zero-order chi connectivity index (χ0) is 10.8. The van der Waals surface area contributed by atoms with Crippen molar-refractivity contribution in [2.75, 3.05) is 13.2 Å². The molecule has 84 valence electrons. The molecule has 0 saturated carbocycles. The van der Waals surface area contributed by atoms with Crippen molar-refractivity contribution in [3.05, 3.63) is 12.7 Å². The molecule has 0 spiro atoms. The zero-order valence-corrected chi connectivity index (χ0v) is 8.98. The lowest BCUT2D eigenvalue weighted by Crippen LogP contribution is -2.32. The maximum atomic E-state index is 9.51. The van der Waals surface area contributed by atoms with E-state index in [0.29, 0.717) is 13.0 Å². The van der Waals surface area contributed by atoms with Gasteiger partial charge in [0, 0.05) is 6.61 Å². The minimum atomic E-state index is -0.640. The first-order valence-electron chi connectivity index (χ1n) is 5.27. The molecule has 2 N–H and O–H groups in total. The van der Waals surface area contributed by atoms with Gasteiger partial charge < -0.3 is 14.9 Å².